The van der Waals surface area contributed by atoms with Gasteiger partial charge in [-0.3, -0.25) is 9.36 Å². The number of anilines is 4. The Labute approximate surface area is 208 Å². The summed E-state index contributed by atoms with van der Waals surface area (Å²) in [5.41, 5.74) is 4.03. The van der Waals surface area contributed by atoms with Crippen LogP contribution in [0.3, 0.4) is 0 Å². The average molecular weight is 492 g/mol. The van der Waals surface area contributed by atoms with Crippen LogP contribution in [0.4, 0.5) is 23.1 Å². The van der Waals surface area contributed by atoms with Crippen LogP contribution in [0.15, 0.2) is 30.7 Å². The van der Waals surface area contributed by atoms with Gasteiger partial charge in [0.1, 0.15) is 11.9 Å². The number of nitrogens with zero attached hydrogens (tertiary/aromatic N) is 7. The molecule has 0 bridgehead atoms. The number of benzene rings is 1. The van der Waals surface area contributed by atoms with Gasteiger partial charge in [0, 0.05) is 19.8 Å². The third-order valence-corrected chi connectivity index (χ3v) is 5.51. The zero-order valence-electron chi connectivity index (χ0n) is 21.2. The predicted molar refractivity (Wildman–Crippen MR) is 135 cm³/mol. The van der Waals surface area contributed by atoms with Crippen molar-refractivity contribution < 1.29 is 14.3 Å². The van der Waals surface area contributed by atoms with Crippen LogP contribution in [0.25, 0.3) is 11.4 Å². The number of aromatic nitrogens is 7. The van der Waals surface area contributed by atoms with Gasteiger partial charge in [0.2, 0.25) is 5.95 Å². The van der Waals surface area contributed by atoms with Crippen molar-refractivity contribution in [3.8, 4) is 17.1 Å². The molecule has 0 aliphatic carbocycles. The monoisotopic (exact) mass is 491 g/mol. The first-order valence-corrected chi connectivity index (χ1v) is 11.5. The van der Waals surface area contributed by atoms with Crippen molar-refractivity contribution in [2.24, 2.45) is 7.05 Å². The van der Waals surface area contributed by atoms with E-state index in [0.29, 0.717) is 28.8 Å². The van der Waals surface area contributed by atoms with Crippen LogP contribution in [0.5, 0.6) is 5.75 Å². The van der Waals surface area contributed by atoms with Gasteiger partial charge in [0.25, 0.3) is 0 Å². The SMILES string of the molecule is CCOC(=O)c1cnc(Nc2c(C)nn(CC)c2C)nc1Nc1cccc(-c2ncn(C)n2)c1OC. The Morgan fingerprint density at radius 2 is 1.92 bits per heavy atom. The molecule has 0 saturated heterocycles. The Morgan fingerprint density at radius 3 is 2.56 bits per heavy atom. The van der Waals surface area contributed by atoms with Crippen molar-refractivity contribution >= 4 is 29.1 Å². The van der Waals surface area contributed by atoms with E-state index in [4.69, 9.17) is 9.47 Å². The van der Waals surface area contributed by atoms with Gasteiger partial charge in [-0.25, -0.2) is 14.8 Å². The molecule has 0 amide bonds. The summed E-state index contributed by atoms with van der Waals surface area (Å²) >= 11 is 0. The molecule has 4 aromatic rings. The number of hydrogen-bond donors (Lipinski definition) is 2. The zero-order valence-corrected chi connectivity index (χ0v) is 21.2. The molecule has 0 aliphatic rings. The van der Waals surface area contributed by atoms with Crippen LogP contribution in [-0.2, 0) is 18.3 Å². The van der Waals surface area contributed by atoms with Crippen LogP contribution in [0.1, 0.15) is 35.6 Å². The summed E-state index contributed by atoms with van der Waals surface area (Å²) in [5, 5.41) is 15.4. The summed E-state index contributed by atoms with van der Waals surface area (Å²) in [5.74, 6) is 1.02. The minimum atomic E-state index is -0.542. The molecule has 188 valence electrons. The normalized spacial score (nSPS) is 10.8. The third-order valence-electron chi connectivity index (χ3n) is 5.51. The first kappa shape index (κ1) is 24.6. The molecule has 0 aliphatic heterocycles. The maximum atomic E-state index is 12.7. The Bertz CT molecular complexity index is 1390. The summed E-state index contributed by atoms with van der Waals surface area (Å²) in [6.07, 6.45) is 3.04. The van der Waals surface area contributed by atoms with E-state index >= 15 is 0 Å². The molecule has 0 fully saturated rings. The summed E-state index contributed by atoms with van der Waals surface area (Å²) < 4.78 is 14.4. The van der Waals surface area contributed by atoms with E-state index in [1.165, 1.54) is 6.20 Å². The first-order chi connectivity index (χ1) is 17.4. The summed E-state index contributed by atoms with van der Waals surface area (Å²) in [6.45, 7) is 8.61. The van der Waals surface area contributed by atoms with Crippen LogP contribution >= 0.6 is 0 Å². The molecule has 0 radical (unpaired) electrons. The van der Waals surface area contributed by atoms with E-state index in [-0.39, 0.29) is 18.0 Å². The molecule has 1 aromatic carbocycles. The molecule has 0 atom stereocenters. The van der Waals surface area contributed by atoms with E-state index in [9.17, 15) is 4.79 Å². The molecule has 2 N–H and O–H groups in total. The minimum absolute atomic E-state index is 0.184. The summed E-state index contributed by atoms with van der Waals surface area (Å²) in [7, 11) is 3.35. The Balaban J connectivity index is 1.75. The second kappa shape index (κ2) is 10.4. The van der Waals surface area contributed by atoms with Gasteiger partial charge in [0.15, 0.2) is 17.4 Å². The Hall–Kier alpha value is -4.48. The number of carbonyl (C=O) groups is 1. The quantitative estimate of drug-likeness (QED) is 0.333. The van der Waals surface area contributed by atoms with Gasteiger partial charge < -0.3 is 20.1 Å². The maximum Gasteiger partial charge on any atom is 0.343 e. The summed E-state index contributed by atoms with van der Waals surface area (Å²) in [4.78, 5) is 26.0. The van der Waals surface area contributed by atoms with E-state index in [2.05, 4.69) is 35.8 Å². The van der Waals surface area contributed by atoms with E-state index < -0.39 is 5.97 Å². The number of aryl methyl sites for hydroxylation is 3. The number of hydrogen-bond acceptors (Lipinski definition) is 10. The van der Waals surface area contributed by atoms with Gasteiger partial charge in [0.05, 0.1) is 42.0 Å². The molecular weight excluding hydrogens is 462 g/mol. The Kier molecular flexibility index (Phi) is 7.13. The lowest BCUT2D eigenvalue weighted by atomic mass is 10.1. The van der Waals surface area contributed by atoms with Crippen LogP contribution in [0, 0.1) is 13.8 Å². The van der Waals surface area contributed by atoms with Crippen molar-refractivity contribution in [3.05, 3.63) is 47.7 Å². The molecule has 4 rings (SSSR count). The fraction of sp³-hybridized carbons (Fsp3) is 0.333. The van der Waals surface area contributed by atoms with Gasteiger partial charge >= 0.3 is 5.97 Å². The number of rotatable bonds is 9. The topological polar surface area (TPSA) is 134 Å². The fourth-order valence-corrected chi connectivity index (χ4v) is 3.81. The third kappa shape index (κ3) is 4.83. The lowest BCUT2D eigenvalue weighted by molar-refractivity contribution is 0.0526. The number of esters is 1. The largest absolute Gasteiger partial charge is 0.494 e. The molecule has 3 aromatic heterocycles. The van der Waals surface area contributed by atoms with Crippen LogP contribution in [0.2, 0.25) is 0 Å². The highest BCUT2D eigenvalue weighted by molar-refractivity contribution is 5.96. The van der Waals surface area contributed by atoms with E-state index in [0.717, 1.165) is 23.6 Å². The van der Waals surface area contributed by atoms with E-state index in [1.54, 1.807) is 32.1 Å². The van der Waals surface area contributed by atoms with Crippen molar-refractivity contribution in [1.82, 2.24) is 34.5 Å². The second-order valence-electron chi connectivity index (χ2n) is 7.92. The predicted octanol–water partition coefficient (Wildman–Crippen LogP) is 3.78. The van der Waals surface area contributed by atoms with Gasteiger partial charge in [-0.05, 0) is 39.8 Å². The number of ether oxygens (including phenoxy) is 2. The summed E-state index contributed by atoms with van der Waals surface area (Å²) in [6, 6.07) is 5.51. The number of carbonyl (C=O) groups excluding carboxylic acids is 1. The van der Waals surface area contributed by atoms with Crippen molar-refractivity contribution in [1.29, 1.82) is 0 Å². The molecule has 12 heteroatoms. The number of nitrogens with one attached hydrogen (secondary N) is 2. The Morgan fingerprint density at radius 1 is 1.11 bits per heavy atom. The van der Waals surface area contributed by atoms with Crippen LogP contribution in [-0.4, -0.2) is 54.2 Å². The minimum Gasteiger partial charge on any atom is -0.494 e. The standard InChI is InChI=1S/C24H29N9O3/c1-7-33-15(4)19(14(3)30-33)28-24-25-12-17(23(34)36-8-2)22(29-24)27-18-11-9-10-16(20(18)35-6)21-26-13-32(5)31-21/h9-13H,7-8H2,1-6H3,(H2,25,27,28,29). The van der Waals surface area contributed by atoms with Gasteiger partial charge in [-0.1, -0.05) is 6.07 Å². The lowest BCUT2D eigenvalue weighted by Crippen LogP contribution is -2.12. The smallest absolute Gasteiger partial charge is 0.343 e. The van der Waals surface area contributed by atoms with Crippen LogP contribution < -0.4 is 15.4 Å². The molecule has 0 unspecified atom stereocenters. The molecule has 0 spiro atoms. The molecule has 3 heterocycles. The molecular formula is C24H29N9O3. The average Bonchev–Trinajstić information content (AvgIpc) is 3.42. The van der Waals surface area contributed by atoms with E-state index in [1.807, 2.05) is 43.7 Å². The van der Waals surface area contributed by atoms with Crippen molar-refractivity contribution in [3.63, 3.8) is 0 Å². The van der Waals surface area contributed by atoms with Gasteiger partial charge in [-0.2, -0.15) is 15.2 Å². The zero-order chi connectivity index (χ0) is 25.8. The highest BCUT2D eigenvalue weighted by Crippen LogP contribution is 2.37. The number of para-hydroxylation sites is 1. The number of methoxy groups -OCH3 is 1. The lowest BCUT2D eigenvalue weighted by Gasteiger charge is -2.16. The maximum absolute atomic E-state index is 12.7. The highest BCUT2D eigenvalue weighted by atomic mass is 16.5. The molecule has 0 saturated carbocycles. The highest BCUT2D eigenvalue weighted by Gasteiger charge is 2.21. The van der Waals surface area contributed by atoms with Crippen molar-refractivity contribution in [2.75, 3.05) is 24.4 Å². The first-order valence-electron chi connectivity index (χ1n) is 11.5. The second-order valence-corrected chi connectivity index (χ2v) is 7.92. The van der Waals surface area contributed by atoms with Crippen molar-refractivity contribution in [2.45, 2.75) is 34.2 Å². The fourth-order valence-electron chi connectivity index (χ4n) is 3.81. The van der Waals surface area contributed by atoms with Gasteiger partial charge in [-0.15, -0.1) is 0 Å². The molecule has 36 heavy (non-hydrogen) atoms. The molecule has 12 nitrogen and oxygen atoms in total.